The van der Waals surface area contributed by atoms with Crippen LogP contribution in [-0.2, 0) is 22.7 Å². The number of nitrogens with zero attached hydrogens (tertiary/aromatic N) is 4. The zero-order valence-corrected chi connectivity index (χ0v) is 11.3. The highest BCUT2D eigenvalue weighted by atomic mass is 16.5. The van der Waals surface area contributed by atoms with Crippen molar-refractivity contribution in [3.63, 3.8) is 0 Å². The Labute approximate surface area is 106 Å². The lowest BCUT2D eigenvalue weighted by molar-refractivity contribution is -0.143. The van der Waals surface area contributed by atoms with E-state index in [2.05, 4.69) is 15.5 Å². The van der Waals surface area contributed by atoms with Crippen LogP contribution in [0.15, 0.2) is 0 Å². The van der Waals surface area contributed by atoms with Crippen LogP contribution in [0.4, 0.5) is 0 Å². The number of ether oxygens (including phenoxy) is 1. The number of hydrogen-bond acceptors (Lipinski definition) is 5. The molecule has 1 unspecified atom stereocenters. The zero-order chi connectivity index (χ0) is 13.8. The van der Waals surface area contributed by atoms with Crippen LogP contribution in [0.25, 0.3) is 0 Å². The molecule has 7 heteroatoms. The molecule has 7 nitrogen and oxygen atoms in total. The Morgan fingerprint density at radius 2 is 2.17 bits per heavy atom. The van der Waals surface area contributed by atoms with Crippen molar-refractivity contribution in [2.75, 3.05) is 7.11 Å². The molecule has 0 aliphatic carbocycles. The van der Waals surface area contributed by atoms with Crippen LogP contribution in [0, 0.1) is 11.3 Å². The molecule has 1 aromatic rings. The van der Waals surface area contributed by atoms with E-state index in [1.165, 1.54) is 4.68 Å². The number of aromatic nitrogens is 4. The van der Waals surface area contributed by atoms with Gasteiger partial charge >= 0.3 is 5.97 Å². The van der Waals surface area contributed by atoms with Gasteiger partial charge in [-0.15, -0.1) is 5.10 Å². The molecule has 0 saturated carbocycles. The average molecular weight is 256 g/mol. The van der Waals surface area contributed by atoms with Gasteiger partial charge in [0.25, 0.3) is 0 Å². The molecule has 1 heterocycles. The van der Waals surface area contributed by atoms with E-state index in [4.69, 9.17) is 4.74 Å². The predicted octanol–water partition coefficient (Wildman–Crippen LogP) is 0.956. The fourth-order valence-corrected chi connectivity index (χ4v) is 1.78. The highest BCUT2D eigenvalue weighted by Crippen LogP contribution is 2.25. The van der Waals surface area contributed by atoms with Crippen LogP contribution >= 0.6 is 0 Å². The molecule has 102 valence electrons. The monoisotopic (exact) mass is 256 g/mol. The number of hydrogen-bond donors (Lipinski definition) is 1. The van der Waals surface area contributed by atoms with Gasteiger partial charge in [-0.05, 0) is 22.3 Å². The number of aliphatic carboxylic acids is 1. The summed E-state index contributed by atoms with van der Waals surface area (Å²) in [4.78, 5) is 11.3. The van der Waals surface area contributed by atoms with Crippen molar-refractivity contribution in [2.45, 2.75) is 40.3 Å². The molecular formula is C11H20N4O3. The second kappa shape index (κ2) is 5.90. The molecule has 0 spiro atoms. The minimum absolute atomic E-state index is 0.0571. The Balaban J connectivity index is 2.77. The van der Waals surface area contributed by atoms with Crippen LogP contribution in [0.5, 0.6) is 0 Å². The van der Waals surface area contributed by atoms with Crippen molar-refractivity contribution in [1.82, 2.24) is 20.2 Å². The Bertz CT molecular complexity index is 397. The van der Waals surface area contributed by atoms with Gasteiger partial charge in [0.2, 0.25) is 0 Å². The van der Waals surface area contributed by atoms with Crippen molar-refractivity contribution in [3.8, 4) is 0 Å². The number of carboxylic acid groups (broad SMARTS) is 1. The first-order chi connectivity index (χ1) is 8.33. The standard InChI is InChI=1S/C11H20N4O3/c1-11(2,3)5-8(10(16)17)6-15-9(7-18-4)12-13-14-15/h8H,5-7H2,1-4H3,(H,16,17). The average Bonchev–Trinajstić information content (AvgIpc) is 2.63. The second-order valence-electron chi connectivity index (χ2n) is 5.51. The van der Waals surface area contributed by atoms with E-state index in [-0.39, 0.29) is 18.6 Å². The molecule has 18 heavy (non-hydrogen) atoms. The third-order valence-electron chi connectivity index (χ3n) is 2.48. The van der Waals surface area contributed by atoms with Crippen molar-refractivity contribution in [3.05, 3.63) is 5.82 Å². The highest BCUT2D eigenvalue weighted by Gasteiger charge is 2.26. The molecular weight excluding hydrogens is 236 g/mol. The summed E-state index contributed by atoms with van der Waals surface area (Å²) < 4.78 is 6.45. The molecule has 1 rings (SSSR count). The van der Waals surface area contributed by atoms with Gasteiger partial charge in [0.1, 0.15) is 6.61 Å². The van der Waals surface area contributed by atoms with Crippen LogP contribution < -0.4 is 0 Å². The largest absolute Gasteiger partial charge is 0.481 e. The van der Waals surface area contributed by atoms with Crippen LogP contribution in [-0.4, -0.2) is 38.4 Å². The summed E-state index contributed by atoms with van der Waals surface area (Å²) >= 11 is 0. The fourth-order valence-electron chi connectivity index (χ4n) is 1.78. The molecule has 0 aliphatic rings. The van der Waals surface area contributed by atoms with Gasteiger partial charge in [-0.25, -0.2) is 4.68 Å². The van der Waals surface area contributed by atoms with Crippen molar-refractivity contribution in [2.24, 2.45) is 11.3 Å². The molecule has 0 aliphatic heterocycles. The van der Waals surface area contributed by atoms with Gasteiger partial charge in [0, 0.05) is 7.11 Å². The zero-order valence-electron chi connectivity index (χ0n) is 11.3. The van der Waals surface area contributed by atoms with E-state index >= 15 is 0 Å². The van der Waals surface area contributed by atoms with Crippen molar-refractivity contribution < 1.29 is 14.6 Å². The topological polar surface area (TPSA) is 90.1 Å². The first kappa shape index (κ1) is 14.6. The summed E-state index contributed by atoms with van der Waals surface area (Å²) in [7, 11) is 1.54. The summed E-state index contributed by atoms with van der Waals surface area (Å²) in [6.45, 7) is 6.57. The molecule has 1 N–H and O–H groups in total. The van der Waals surface area contributed by atoms with Gasteiger partial charge in [0.05, 0.1) is 12.5 Å². The molecule has 0 fully saturated rings. The van der Waals surface area contributed by atoms with Gasteiger partial charge in [-0.3, -0.25) is 4.79 Å². The molecule has 0 saturated heterocycles. The third-order valence-corrected chi connectivity index (χ3v) is 2.48. The fraction of sp³-hybridized carbons (Fsp3) is 0.818. The van der Waals surface area contributed by atoms with E-state index in [0.29, 0.717) is 12.2 Å². The quantitative estimate of drug-likeness (QED) is 0.815. The van der Waals surface area contributed by atoms with Crippen LogP contribution in [0.3, 0.4) is 0 Å². The summed E-state index contributed by atoms with van der Waals surface area (Å²) in [6.07, 6.45) is 0.564. The first-order valence-corrected chi connectivity index (χ1v) is 5.80. The minimum Gasteiger partial charge on any atom is -0.481 e. The van der Waals surface area contributed by atoms with Crippen LogP contribution in [0.2, 0.25) is 0 Å². The second-order valence-corrected chi connectivity index (χ2v) is 5.51. The molecule has 0 radical (unpaired) electrons. The molecule has 0 aromatic carbocycles. The molecule has 0 amide bonds. The smallest absolute Gasteiger partial charge is 0.308 e. The first-order valence-electron chi connectivity index (χ1n) is 5.80. The van der Waals surface area contributed by atoms with Crippen molar-refractivity contribution >= 4 is 5.97 Å². The maximum atomic E-state index is 11.3. The van der Waals surface area contributed by atoms with Crippen LogP contribution in [0.1, 0.15) is 33.0 Å². The van der Waals surface area contributed by atoms with E-state index in [0.717, 1.165) is 0 Å². The lowest BCUT2D eigenvalue weighted by Gasteiger charge is -2.23. The lowest BCUT2D eigenvalue weighted by Crippen LogP contribution is -2.26. The lowest BCUT2D eigenvalue weighted by atomic mass is 9.84. The maximum Gasteiger partial charge on any atom is 0.308 e. The van der Waals surface area contributed by atoms with Gasteiger partial charge in [-0.2, -0.15) is 0 Å². The Hall–Kier alpha value is -1.50. The Morgan fingerprint density at radius 1 is 1.50 bits per heavy atom. The summed E-state index contributed by atoms with van der Waals surface area (Å²) in [5.74, 6) is -0.800. The molecule has 1 atom stereocenters. The third kappa shape index (κ3) is 4.40. The highest BCUT2D eigenvalue weighted by molar-refractivity contribution is 5.69. The molecule has 1 aromatic heterocycles. The number of tetrazole rings is 1. The van der Waals surface area contributed by atoms with Gasteiger partial charge < -0.3 is 9.84 Å². The van der Waals surface area contributed by atoms with Crippen molar-refractivity contribution in [1.29, 1.82) is 0 Å². The normalized spacial score (nSPS) is 13.6. The predicted molar refractivity (Wildman–Crippen MR) is 63.7 cm³/mol. The summed E-state index contributed by atoms with van der Waals surface area (Å²) in [5.41, 5.74) is -0.0571. The Kier molecular flexibility index (Phi) is 4.77. The number of carbonyl (C=O) groups is 1. The van der Waals surface area contributed by atoms with E-state index in [9.17, 15) is 9.90 Å². The Morgan fingerprint density at radius 3 is 2.67 bits per heavy atom. The van der Waals surface area contributed by atoms with Gasteiger partial charge in [-0.1, -0.05) is 20.8 Å². The summed E-state index contributed by atoms with van der Waals surface area (Å²) in [6, 6.07) is 0. The number of methoxy groups -OCH3 is 1. The van der Waals surface area contributed by atoms with E-state index in [1.807, 2.05) is 20.8 Å². The molecule has 0 bridgehead atoms. The SMILES string of the molecule is COCc1nnnn1CC(CC(C)(C)C)C(=O)O. The van der Waals surface area contributed by atoms with E-state index in [1.54, 1.807) is 7.11 Å². The maximum absolute atomic E-state index is 11.3. The number of rotatable bonds is 6. The van der Waals surface area contributed by atoms with E-state index < -0.39 is 11.9 Å². The summed E-state index contributed by atoms with van der Waals surface area (Å²) in [5, 5.41) is 20.4. The number of carboxylic acids is 1. The van der Waals surface area contributed by atoms with Gasteiger partial charge in [0.15, 0.2) is 5.82 Å². The minimum atomic E-state index is -0.830.